The van der Waals surface area contributed by atoms with Gasteiger partial charge in [-0.15, -0.1) is 0 Å². The Hall–Kier alpha value is -3.47. The summed E-state index contributed by atoms with van der Waals surface area (Å²) >= 11 is 0. The molecule has 3 rings (SSSR count). The third-order valence-corrected chi connectivity index (χ3v) is 4.63. The van der Waals surface area contributed by atoms with Gasteiger partial charge in [-0.2, -0.15) is 0 Å². The van der Waals surface area contributed by atoms with Crippen molar-refractivity contribution in [2.75, 3.05) is 5.32 Å². The van der Waals surface area contributed by atoms with Gasteiger partial charge in [0.05, 0.1) is 11.1 Å². The van der Waals surface area contributed by atoms with Crippen LogP contribution in [0.2, 0.25) is 0 Å². The van der Waals surface area contributed by atoms with E-state index in [0.29, 0.717) is 17.7 Å². The Bertz CT molecular complexity index is 1030. The number of aromatic nitrogens is 1. The van der Waals surface area contributed by atoms with Crippen LogP contribution < -0.4 is 10.6 Å². The van der Waals surface area contributed by atoms with Crippen molar-refractivity contribution in [1.29, 1.82) is 0 Å². The molecule has 2 amide bonds. The van der Waals surface area contributed by atoms with Gasteiger partial charge in [0.1, 0.15) is 0 Å². The lowest BCUT2D eigenvalue weighted by Crippen LogP contribution is -2.23. The summed E-state index contributed by atoms with van der Waals surface area (Å²) in [5.41, 5.74) is 4.67. The van der Waals surface area contributed by atoms with E-state index < -0.39 is 0 Å². The number of anilines is 1. The molecule has 0 saturated heterocycles. The first-order chi connectivity index (χ1) is 13.9. The normalized spacial score (nSPS) is 10.6. The maximum absolute atomic E-state index is 12.7. The van der Waals surface area contributed by atoms with Crippen LogP contribution in [0, 0.1) is 6.92 Å². The Morgan fingerprint density at radius 3 is 2.38 bits per heavy atom. The van der Waals surface area contributed by atoms with Gasteiger partial charge in [0.2, 0.25) is 0 Å². The second kappa shape index (κ2) is 9.15. The zero-order valence-corrected chi connectivity index (χ0v) is 16.9. The van der Waals surface area contributed by atoms with Crippen LogP contribution >= 0.6 is 0 Å². The number of benzene rings is 2. The molecular formula is C24H25N3O2. The van der Waals surface area contributed by atoms with Crippen molar-refractivity contribution in [3.63, 3.8) is 0 Å². The number of carbonyl (C=O) groups excluding carboxylic acids is 2. The largest absolute Gasteiger partial charge is 0.348 e. The zero-order chi connectivity index (χ0) is 20.8. The van der Waals surface area contributed by atoms with Crippen LogP contribution in [0.4, 0.5) is 5.69 Å². The third kappa shape index (κ3) is 5.29. The van der Waals surface area contributed by atoms with Gasteiger partial charge in [0.25, 0.3) is 11.8 Å². The number of amides is 2. The van der Waals surface area contributed by atoms with E-state index in [1.54, 1.807) is 6.07 Å². The molecule has 0 spiro atoms. The number of nitrogens with one attached hydrogen (secondary N) is 2. The van der Waals surface area contributed by atoms with Crippen LogP contribution in [0.25, 0.3) is 0 Å². The average Bonchev–Trinajstić information content (AvgIpc) is 2.72. The minimum Gasteiger partial charge on any atom is -0.348 e. The molecule has 0 aliphatic heterocycles. The fraction of sp³-hybridized carbons (Fsp3) is 0.208. The Labute approximate surface area is 171 Å². The molecule has 2 aromatic carbocycles. The van der Waals surface area contributed by atoms with E-state index in [4.69, 9.17) is 0 Å². The predicted molar refractivity (Wildman–Crippen MR) is 115 cm³/mol. The first-order valence-corrected chi connectivity index (χ1v) is 9.63. The number of para-hydroxylation sites is 1. The van der Waals surface area contributed by atoms with Gasteiger partial charge in [-0.25, -0.2) is 0 Å². The van der Waals surface area contributed by atoms with Crippen LogP contribution in [0.3, 0.4) is 0 Å². The van der Waals surface area contributed by atoms with E-state index in [2.05, 4.69) is 29.5 Å². The summed E-state index contributed by atoms with van der Waals surface area (Å²) in [7, 11) is 0. The van der Waals surface area contributed by atoms with E-state index >= 15 is 0 Å². The highest BCUT2D eigenvalue weighted by Crippen LogP contribution is 2.24. The van der Waals surface area contributed by atoms with Gasteiger partial charge in [0, 0.05) is 24.6 Å². The van der Waals surface area contributed by atoms with E-state index in [1.165, 1.54) is 12.4 Å². The summed E-state index contributed by atoms with van der Waals surface area (Å²) in [5, 5.41) is 5.80. The SMILES string of the molecule is Cc1cccc(CNC(=O)c2cncc(C(=O)Nc3ccccc3C(C)C)c2)c1. The van der Waals surface area contributed by atoms with Crippen molar-refractivity contribution < 1.29 is 9.59 Å². The zero-order valence-electron chi connectivity index (χ0n) is 16.9. The molecule has 29 heavy (non-hydrogen) atoms. The van der Waals surface area contributed by atoms with Gasteiger partial charge in [0.15, 0.2) is 0 Å². The maximum atomic E-state index is 12.7. The molecule has 0 unspecified atom stereocenters. The van der Waals surface area contributed by atoms with E-state index in [-0.39, 0.29) is 17.7 Å². The molecule has 0 aliphatic carbocycles. The number of hydrogen-bond acceptors (Lipinski definition) is 3. The molecule has 5 nitrogen and oxygen atoms in total. The van der Waals surface area contributed by atoms with Gasteiger partial charge < -0.3 is 10.6 Å². The summed E-state index contributed by atoms with van der Waals surface area (Å²) < 4.78 is 0. The van der Waals surface area contributed by atoms with E-state index in [9.17, 15) is 9.59 Å². The Kier molecular flexibility index (Phi) is 6.39. The number of hydrogen-bond donors (Lipinski definition) is 2. The molecule has 0 aliphatic rings. The number of carbonyl (C=O) groups is 2. The minimum atomic E-state index is -0.293. The molecule has 0 fully saturated rings. The first kappa shape index (κ1) is 20.3. The fourth-order valence-corrected chi connectivity index (χ4v) is 3.10. The topological polar surface area (TPSA) is 71.1 Å². The Morgan fingerprint density at radius 1 is 0.931 bits per heavy atom. The first-order valence-electron chi connectivity index (χ1n) is 9.63. The molecular weight excluding hydrogens is 362 g/mol. The summed E-state index contributed by atoms with van der Waals surface area (Å²) in [6.45, 7) is 6.57. The summed E-state index contributed by atoms with van der Waals surface area (Å²) in [6, 6.07) is 17.2. The molecule has 2 N–H and O–H groups in total. The highest BCUT2D eigenvalue weighted by atomic mass is 16.2. The quantitative estimate of drug-likeness (QED) is 0.644. The second-order valence-electron chi connectivity index (χ2n) is 7.33. The van der Waals surface area contributed by atoms with Gasteiger partial charge in [-0.05, 0) is 36.1 Å². The Balaban J connectivity index is 1.70. The number of aryl methyl sites for hydroxylation is 1. The molecule has 0 bridgehead atoms. The molecule has 0 atom stereocenters. The molecule has 148 valence electrons. The molecule has 1 heterocycles. The lowest BCUT2D eigenvalue weighted by Gasteiger charge is -2.13. The van der Waals surface area contributed by atoms with Crippen molar-refractivity contribution in [1.82, 2.24) is 10.3 Å². The standard InChI is InChI=1S/C24H25N3O2/c1-16(2)21-9-4-5-10-22(21)27-24(29)20-12-19(14-25-15-20)23(28)26-13-18-8-6-7-17(3)11-18/h4-12,14-16H,13H2,1-3H3,(H,26,28)(H,27,29). The number of rotatable bonds is 6. The minimum absolute atomic E-state index is 0.267. The highest BCUT2D eigenvalue weighted by Gasteiger charge is 2.14. The molecule has 1 aromatic heterocycles. The summed E-state index contributed by atoms with van der Waals surface area (Å²) in [5.74, 6) is -0.279. The van der Waals surface area contributed by atoms with Crippen LogP contribution in [0.5, 0.6) is 0 Å². The number of pyridine rings is 1. The predicted octanol–water partition coefficient (Wildman–Crippen LogP) is 4.70. The Morgan fingerprint density at radius 2 is 1.66 bits per heavy atom. The van der Waals surface area contributed by atoms with Crippen LogP contribution in [0.1, 0.15) is 57.2 Å². The van der Waals surface area contributed by atoms with Crippen molar-refractivity contribution in [3.8, 4) is 0 Å². The van der Waals surface area contributed by atoms with Crippen LogP contribution in [0.15, 0.2) is 67.0 Å². The molecule has 5 heteroatoms. The average molecular weight is 387 g/mol. The summed E-state index contributed by atoms with van der Waals surface area (Å²) in [4.78, 5) is 29.3. The van der Waals surface area contributed by atoms with E-state index in [1.807, 2.05) is 55.5 Å². The fourth-order valence-electron chi connectivity index (χ4n) is 3.10. The van der Waals surface area contributed by atoms with Crippen molar-refractivity contribution in [2.24, 2.45) is 0 Å². The molecule has 0 saturated carbocycles. The highest BCUT2D eigenvalue weighted by molar-refractivity contribution is 6.06. The van der Waals surface area contributed by atoms with Crippen LogP contribution in [-0.4, -0.2) is 16.8 Å². The van der Waals surface area contributed by atoms with Gasteiger partial charge in [-0.1, -0.05) is 61.9 Å². The second-order valence-corrected chi connectivity index (χ2v) is 7.33. The lowest BCUT2D eigenvalue weighted by atomic mass is 10.0. The van der Waals surface area contributed by atoms with E-state index in [0.717, 1.165) is 22.4 Å². The monoisotopic (exact) mass is 387 g/mol. The van der Waals surface area contributed by atoms with Crippen molar-refractivity contribution in [3.05, 3.63) is 94.8 Å². The van der Waals surface area contributed by atoms with Gasteiger partial charge in [-0.3, -0.25) is 14.6 Å². The van der Waals surface area contributed by atoms with Crippen molar-refractivity contribution >= 4 is 17.5 Å². The third-order valence-electron chi connectivity index (χ3n) is 4.63. The molecule has 3 aromatic rings. The maximum Gasteiger partial charge on any atom is 0.257 e. The summed E-state index contributed by atoms with van der Waals surface area (Å²) in [6.07, 6.45) is 2.93. The van der Waals surface area contributed by atoms with Crippen molar-refractivity contribution in [2.45, 2.75) is 33.2 Å². The smallest absolute Gasteiger partial charge is 0.257 e. The lowest BCUT2D eigenvalue weighted by molar-refractivity contribution is 0.0950. The van der Waals surface area contributed by atoms with Crippen LogP contribution in [-0.2, 0) is 6.54 Å². The van der Waals surface area contributed by atoms with Gasteiger partial charge >= 0.3 is 0 Å². The number of nitrogens with zero attached hydrogens (tertiary/aromatic N) is 1. The molecule has 0 radical (unpaired) electrons.